The van der Waals surface area contributed by atoms with Crippen molar-refractivity contribution in [2.45, 2.75) is 26.7 Å². The molecule has 0 saturated carbocycles. The van der Waals surface area contributed by atoms with Crippen molar-refractivity contribution in [2.75, 3.05) is 6.54 Å². The highest BCUT2D eigenvalue weighted by Gasteiger charge is 2.10. The highest BCUT2D eigenvalue weighted by Crippen LogP contribution is 2.03. The van der Waals surface area contributed by atoms with Gasteiger partial charge in [0, 0.05) is 18.9 Å². The van der Waals surface area contributed by atoms with E-state index in [0.29, 0.717) is 18.7 Å². The van der Waals surface area contributed by atoms with E-state index >= 15 is 0 Å². The van der Waals surface area contributed by atoms with E-state index < -0.39 is 0 Å². The Balaban J connectivity index is 3.64. The van der Waals surface area contributed by atoms with E-state index in [0.717, 1.165) is 6.42 Å². The number of hydrogen-bond donors (Lipinski definition) is 1. The Bertz CT molecular complexity index is 86.9. The number of rotatable bonds is 4. The van der Waals surface area contributed by atoms with Crippen LogP contribution in [0.25, 0.3) is 0 Å². The van der Waals surface area contributed by atoms with Crippen LogP contribution in [0.15, 0.2) is 0 Å². The molecule has 0 aromatic heterocycles. The molecule has 0 fully saturated rings. The first kappa shape index (κ1) is 8.63. The second-order valence-electron chi connectivity index (χ2n) is 2.16. The third-order valence-electron chi connectivity index (χ3n) is 1.58. The number of hydrogen-bond acceptors (Lipinski definition) is 2. The Morgan fingerprint density at radius 1 is 1.56 bits per heavy atom. The minimum absolute atomic E-state index is 0.106. The lowest BCUT2D eigenvalue weighted by Gasteiger charge is -2.07. The SMILES string of the molecule is CCC(=O)C(CC)CN. The second kappa shape index (κ2) is 4.50. The van der Waals surface area contributed by atoms with Crippen LogP contribution in [0.4, 0.5) is 0 Å². The molecule has 0 radical (unpaired) electrons. The van der Waals surface area contributed by atoms with E-state index in [2.05, 4.69) is 0 Å². The zero-order valence-electron chi connectivity index (χ0n) is 6.18. The molecule has 0 aliphatic carbocycles. The molecule has 0 heterocycles. The van der Waals surface area contributed by atoms with Crippen LogP contribution in [0.5, 0.6) is 0 Å². The maximum Gasteiger partial charge on any atom is 0.136 e. The fourth-order valence-electron chi connectivity index (χ4n) is 0.814. The Labute approximate surface area is 56.4 Å². The summed E-state index contributed by atoms with van der Waals surface area (Å²) >= 11 is 0. The molecule has 0 bridgehead atoms. The number of carbonyl (C=O) groups is 1. The van der Waals surface area contributed by atoms with Crippen molar-refractivity contribution in [1.29, 1.82) is 0 Å². The quantitative estimate of drug-likeness (QED) is 0.614. The van der Waals surface area contributed by atoms with E-state index in [9.17, 15) is 4.79 Å². The van der Waals surface area contributed by atoms with Crippen molar-refractivity contribution < 1.29 is 4.79 Å². The van der Waals surface area contributed by atoms with E-state index in [1.807, 2.05) is 13.8 Å². The minimum Gasteiger partial charge on any atom is -0.330 e. The molecule has 0 rings (SSSR count). The molecule has 1 unspecified atom stereocenters. The second-order valence-corrected chi connectivity index (χ2v) is 2.16. The van der Waals surface area contributed by atoms with Gasteiger partial charge in [-0.1, -0.05) is 13.8 Å². The van der Waals surface area contributed by atoms with Gasteiger partial charge in [0.2, 0.25) is 0 Å². The van der Waals surface area contributed by atoms with Gasteiger partial charge < -0.3 is 5.73 Å². The van der Waals surface area contributed by atoms with Gasteiger partial charge in [0.1, 0.15) is 5.78 Å². The first-order valence-corrected chi connectivity index (χ1v) is 3.49. The summed E-state index contributed by atoms with van der Waals surface area (Å²) in [5.74, 6) is 0.398. The predicted molar refractivity (Wildman–Crippen MR) is 38.1 cm³/mol. The largest absolute Gasteiger partial charge is 0.330 e. The zero-order valence-corrected chi connectivity index (χ0v) is 6.18. The summed E-state index contributed by atoms with van der Waals surface area (Å²) in [6, 6.07) is 0. The van der Waals surface area contributed by atoms with Crippen LogP contribution >= 0.6 is 0 Å². The molecule has 2 N–H and O–H groups in total. The first-order chi connectivity index (χ1) is 4.26. The molecular formula is C7H15NO. The van der Waals surface area contributed by atoms with Gasteiger partial charge in [-0.3, -0.25) is 4.79 Å². The lowest BCUT2D eigenvalue weighted by Crippen LogP contribution is -2.21. The molecule has 0 saturated heterocycles. The summed E-state index contributed by atoms with van der Waals surface area (Å²) in [5, 5.41) is 0. The lowest BCUT2D eigenvalue weighted by atomic mass is 10.00. The van der Waals surface area contributed by atoms with Crippen LogP contribution in [0.2, 0.25) is 0 Å². The molecule has 0 aliphatic heterocycles. The van der Waals surface area contributed by atoms with E-state index in [1.165, 1.54) is 0 Å². The molecule has 0 aromatic carbocycles. The summed E-state index contributed by atoms with van der Waals surface area (Å²) in [7, 11) is 0. The predicted octanol–water partition coefficient (Wildman–Crippen LogP) is 0.950. The van der Waals surface area contributed by atoms with Gasteiger partial charge in [0.05, 0.1) is 0 Å². The van der Waals surface area contributed by atoms with Crippen LogP contribution in [0.1, 0.15) is 26.7 Å². The van der Waals surface area contributed by atoms with Crippen molar-refractivity contribution in [2.24, 2.45) is 11.7 Å². The Morgan fingerprint density at radius 3 is 2.22 bits per heavy atom. The highest BCUT2D eigenvalue weighted by molar-refractivity contribution is 5.80. The Morgan fingerprint density at radius 2 is 2.11 bits per heavy atom. The third kappa shape index (κ3) is 2.61. The molecule has 2 nitrogen and oxygen atoms in total. The van der Waals surface area contributed by atoms with Crippen molar-refractivity contribution in [3.05, 3.63) is 0 Å². The molecule has 0 aliphatic rings. The zero-order chi connectivity index (χ0) is 7.28. The molecule has 0 aromatic rings. The van der Waals surface area contributed by atoms with Crippen molar-refractivity contribution in [3.63, 3.8) is 0 Å². The van der Waals surface area contributed by atoms with Crippen molar-refractivity contribution >= 4 is 5.78 Å². The van der Waals surface area contributed by atoms with Gasteiger partial charge in [-0.25, -0.2) is 0 Å². The summed E-state index contributed by atoms with van der Waals surface area (Å²) in [4.78, 5) is 10.9. The van der Waals surface area contributed by atoms with Crippen molar-refractivity contribution in [3.8, 4) is 0 Å². The summed E-state index contributed by atoms with van der Waals surface area (Å²) in [6.45, 7) is 4.37. The average Bonchev–Trinajstić information content (AvgIpc) is 1.90. The summed E-state index contributed by atoms with van der Waals surface area (Å²) in [5.41, 5.74) is 5.34. The third-order valence-corrected chi connectivity index (χ3v) is 1.58. The van der Waals surface area contributed by atoms with Gasteiger partial charge >= 0.3 is 0 Å². The van der Waals surface area contributed by atoms with Gasteiger partial charge in [-0.2, -0.15) is 0 Å². The van der Waals surface area contributed by atoms with Crippen molar-refractivity contribution in [1.82, 2.24) is 0 Å². The smallest absolute Gasteiger partial charge is 0.136 e. The molecule has 0 spiro atoms. The number of ketones is 1. The standard InChI is InChI=1S/C7H15NO/c1-3-6(5-8)7(9)4-2/h6H,3-5,8H2,1-2H3. The minimum atomic E-state index is 0.106. The van der Waals surface area contributed by atoms with E-state index in [1.54, 1.807) is 0 Å². The molecule has 9 heavy (non-hydrogen) atoms. The Kier molecular flexibility index (Phi) is 4.32. The van der Waals surface area contributed by atoms with Gasteiger partial charge in [0.25, 0.3) is 0 Å². The van der Waals surface area contributed by atoms with Crippen LogP contribution in [0, 0.1) is 5.92 Å². The topological polar surface area (TPSA) is 43.1 Å². The van der Waals surface area contributed by atoms with E-state index in [-0.39, 0.29) is 5.92 Å². The van der Waals surface area contributed by atoms with Crippen LogP contribution < -0.4 is 5.73 Å². The molecular weight excluding hydrogens is 114 g/mol. The highest BCUT2D eigenvalue weighted by atomic mass is 16.1. The molecule has 54 valence electrons. The summed E-state index contributed by atoms with van der Waals surface area (Å²) in [6.07, 6.45) is 1.50. The normalized spacial score (nSPS) is 13.2. The van der Waals surface area contributed by atoms with Crippen LogP contribution in [0.3, 0.4) is 0 Å². The Hall–Kier alpha value is -0.370. The number of Topliss-reactive ketones (excluding diaryl/α,β-unsaturated/α-hetero) is 1. The maximum atomic E-state index is 10.9. The monoisotopic (exact) mass is 129 g/mol. The van der Waals surface area contributed by atoms with Gasteiger partial charge in [-0.15, -0.1) is 0 Å². The maximum absolute atomic E-state index is 10.9. The fourth-order valence-corrected chi connectivity index (χ4v) is 0.814. The van der Waals surface area contributed by atoms with Crippen LogP contribution in [-0.4, -0.2) is 12.3 Å². The van der Waals surface area contributed by atoms with Gasteiger partial charge in [-0.05, 0) is 6.42 Å². The van der Waals surface area contributed by atoms with E-state index in [4.69, 9.17) is 5.73 Å². The summed E-state index contributed by atoms with van der Waals surface area (Å²) < 4.78 is 0. The van der Waals surface area contributed by atoms with Crippen LogP contribution in [-0.2, 0) is 4.79 Å². The number of nitrogens with two attached hydrogens (primary N) is 1. The lowest BCUT2D eigenvalue weighted by molar-refractivity contribution is -0.122. The molecule has 0 amide bonds. The average molecular weight is 129 g/mol. The molecule has 1 atom stereocenters. The number of carbonyl (C=O) groups excluding carboxylic acids is 1. The molecule has 2 heteroatoms. The fraction of sp³-hybridized carbons (Fsp3) is 0.857. The first-order valence-electron chi connectivity index (χ1n) is 3.49. The van der Waals surface area contributed by atoms with Gasteiger partial charge in [0.15, 0.2) is 0 Å².